The Morgan fingerprint density at radius 3 is 2.61 bits per heavy atom. The molecule has 0 aliphatic carbocycles. The van der Waals surface area contributed by atoms with Crippen molar-refractivity contribution in [3.8, 4) is 0 Å². The van der Waals surface area contributed by atoms with Crippen molar-refractivity contribution < 1.29 is 27.2 Å². The standard InChI is InChI=1S/C19H21F3N8O3/c20-18(21,22)10-32-12-6-8-30(9-7-12)16(31)15-25-14(29-33-15)13-26-17(23)28-19(24,27-13)11-4-2-1-3-5-11/h1-5,12H,6-10,24H2,(H3,23,26,27,28). The van der Waals surface area contributed by atoms with E-state index in [0.717, 1.165) is 0 Å². The highest BCUT2D eigenvalue weighted by Crippen LogP contribution is 2.24. The van der Waals surface area contributed by atoms with E-state index < -0.39 is 30.6 Å². The first-order valence-electron chi connectivity index (χ1n) is 10.0. The zero-order chi connectivity index (χ0) is 23.6. The summed E-state index contributed by atoms with van der Waals surface area (Å²) in [5.41, 5.74) is 12.7. The average molecular weight is 466 g/mol. The minimum absolute atomic E-state index is 0.0232. The highest BCUT2D eigenvalue weighted by atomic mass is 19.4. The lowest BCUT2D eigenvalue weighted by Gasteiger charge is -2.31. The summed E-state index contributed by atoms with van der Waals surface area (Å²) in [6.07, 6.45) is -4.44. The van der Waals surface area contributed by atoms with Gasteiger partial charge in [0.25, 0.3) is 0 Å². The summed E-state index contributed by atoms with van der Waals surface area (Å²) < 4.78 is 46.9. The molecule has 14 heteroatoms. The number of likely N-dealkylation sites (tertiary alicyclic amines) is 1. The van der Waals surface area contributed by atoms with Crippen LogP contribution in [0.15, 0.2) is 44.8 Å². The Morgan fingerprint density at radius 1 is 1.24 bits per heavy atom. The summed E-state index contributed by atoms with van der Waals surface area (Å²) in [5, 5.41) is 6.48. The molecule has 1 aromatic heterocycles. The Hall–Kier alpha value is -3.52. The highest BCUT2D eigenvalue weighted by molar-refractivity contribution is 6.08. The zero-order valence-electron chi connectivity index (χ0n) is 17.2. The first kappa shape index (κ1) is 22.7. The van der Waals surface area contributed by atoms with Crippen molar-refractivity contribution in [2.45, 2.75) is 30.9 Å². The lowest BCUT2D eigenvalue weighted by atomic mass is 10.1. The number of alkyl halides is 3. The molecular formula is C19H21F3N8O3. The molecule has 11 nitrogen and oxygen atoms in total. The number of hydrogen-bond donors (Lipinski definition) is 3. The van der Waals surface area contributed by atoms with E-state index in [1.54, 1.807) is 24.3 Å². The number of benzene rings is 1. The molecule has 2 aliphatic heterocycles. The molecule has 0 saturated carbocycles. The number of amides is 1. The van der Waals surface area contributed by atoms with Crippen LogP contribution in [0.25, 0.3) is 0 Å². The molecule has 33 heavy (non-hydrogen) atoms. The predicted octanol–water partition coefficient (Wildman–Crippen LogP) is 0.687. The molecule has 1 fully saturated rings. The van der Waals surface area contributed by atoms with Gasteiger partial charge in [0.15, 0.2) is 11.8 Å². The van der Waals surface area contributed by atoms with Gasteiger partial charge in [-0.25, -0.2) is 9.98 Å². The number of halogens is 3. The quantitative estimate of drug-likeness (QED) is 0.581. The third-order valence-electron chi connectivity index (χ3n) is 5.05. The van der Waals surface area contributed by atoms with E-state index in [1.165, 1.54) is 4.90 Å². The zero-order valence-corrected chi connectivity index (χ0v) is 17.2. The Labute approximate surface area is 185 Å². The summed E-state index contributed by atoms with van der Waals surface area (Å²) in [5.74, 6) is -2.38. The second kappa shape index (κ2) is 8.78. The van der Waals surface area contributed by atoms with Crippen LogP contribution in [-0.4, -0.2) is 64.7 Å². The van der Waals surface area contributed by atoms with E-state index in [0.29, 0.717) is 5.56 Å². The molecule has 5 N–H and O–H groups in total. The molecule has 1 aromatic carbocycles. The lowest BCUT2D eigenvalue weighted by Crippen LogP contribution is -2.49. The summed E-state index contributed by atoms with van der Waals surface area (Å²) in [7, 11) is 0. The monoisotopic (exact) mass is 466 g/mol. The molecule has 2 aliphatic rings. The van der Waals surface area contributed by atoms with Gasteiger partial charge < -0.3 is 25.2 Å². The minimum Gasteiger partial charge on any atom is -0.370 e. The van der Waals surface area contributed by atoms with E-state index in [4.69, 9.17) is 20.7 Å². The highest BCUT2D eigenvalue weighted by Gasteiger charge is 2.34. The number of rotatable bonds is 5. The van der Waals surface area contributed by atoms with Gasteiger partial charge in [0.1, 0.15) is 6.61 Å². The summed E-state index contributed by atoms with van der Waals surface area (Å²) in [6, 6.07) is 8.82. The molecule has 4 rings (SSSR count). The number of hydrogen-bond acceptors (Lipinski definition) is 10. The second-order valence-corrected chi connectivity index (χ2v) is 7.52. The largest absolute Gasteiger partial charge is 0.411 e. The maximum absolute atomic E-state index is 12.7. The number of piperidine rings is 1. The Balaban J connectivity index is 1.43. The normalized spacial score (nSPS) is 21.9. The van der Waals surface area contributed by atoms with Crippen LogP contribution in [-0.2, 0) is 10.5 Å². The average Bonchev–Trinajstić information content (AvgIpc) is 3.28. The molecule has 2 aromatic rings. The number of aromatic nitrogens is 2. The first-order valence-corrected chi connectivity index (χ1v) is 10.0. The van der Waals surface area contributed by atoms with Gasteiger partial charge in [-0.05, 0) is 12.8 Å². The molecule has 1 atom stereocenters. The van der Waals surface area contributed by atoms with Gasteiger partial charge in [-0.2, -0.15) is 18.2 Å². The fourth-order valence-corrected chi connectivity index (χ4v) is 3.45. The van der Waals surface area contributed by atoms with E-state index >= 15 is 0 Å². The molecule has 3 heterocycles. The van der Waals surface area contributed by atoms with Crippen LogP contribution in [0, 0.1) is 0 Å². The number of aliphatic imine (C=N–C) groups is 2. The van der Waals surface area contributed by atoms with Crippen molar-refractivity contribution in [2.24, 2.45) is 21.5 Å². The number of nitrogens with zero attached hydrogens (tertiary/aromatic N) is 5. The molecule has 176 valence electrons. The predicted molar refractivity (Wildman–Crippen MR) is 109 cm³/mol. The van der Waals surface area contributed by atoms with E-state index in [1.807, 2.05) is 6.07 Å². The molecule has 1 amide bonds. The van der Waals surface area contributed by atoms with Gasteiger partial charge >= 0.3 is 18.0 Å². The van der Waals surface area contributed by atoms with Crippen LogP contribution in [0.3, 0.4) is 0 Å². The third-order valence-corrected chi connectivity index (χ3v) is 5.05. The number of carbonyl (C=O) groups is 1. The lowest BCUT2D eigenvalue weighted by molar-refractivity contribution is -0.188. The van der Waals surface area contributed by atoms with Crippen LogP contribution in [0.4, 0.5) is 13.2 Å². The fourth-order valence-electron chi connectivity index (χ4n) is 3.45. The number of carbonyl (C=O) groups excluding carboxylic acids is 1. The molecule has 1 saturated heterocycles. The molecule has 0 bridgehead atoms. The van der Waals surface area contributed by atoms with E-state index in [-0.39, 0.29) is 49.4 Å². The van der Waals surface area contributed by atoms with Gasteiger partial charge in [0.2, 0.25) is 11.6 Å². The van der Waals surface area contributed by atoms with Gasteiger partial charge in [-0.3, -0.25) is 10.5 Å². The van der Waals surface area contributed by atoms with Crippen LogP contribution < -0.4 is 16.8 Å². The number of nitrogens with two attached hydrogens (primary N) is 2. The number of ether oxygens (including phenoxy) is 1. The Morgan fingerprint density at radius 2 is 1.94 bits per heavy atom. The van der Waals surface area contributed by atoms with Gasteiger partial charge in [0, 0.05) is 18.7 Å². The smallest absolute Gasteiger partial charge is 0.370 e. The molecule has 1 unspecified atom stereocenters. The van der Waals surface area contributed by atoms with Crippen molar-refractivity contribution in [1.29, 1.82) is 0 Å². The van der Waals surface area contributed by atoms with Gasteiger partial charge in [-0.15, -0.1) is 0 Å². The Bertz CT molecular complexity index is 1060. The van der Waals surface area contributed by atoms with Crippen molar-refractivity contribution in [3.63, 3.8) is 0 Å². The van der Waals surface area contributed by atoms with Crippen molar-refractivity contribution in [3.05, 3.63) is 47.6 Å². The molecule has 0 radical (unpaired) electrons. The van der Waals surface area contributed by atoms with Crippen LogP contribution in [0.2, 0.25) is 0 Å². The molecular weight excluding hydrogens is 445 g/mol. The topological polar surface area (TPSA) is 157 Å². The summed E-state index contributed by atoms with van der Waals surface area (Å²) in [6.45, 7) is -0.929. The van der Waals surface area contributed by atoms with E-state index in [2.05, 4.69) is 25.4 Å². The fraction of sp³-hybridized carbons (Fsp3) is 0.421. The maximum Gasteiger partial charge on any atom is 0.411 e. The summed E-state index contributed by atoms with van der Waals surface area (Å²) in [4.78, 5) is 26.7. The van der Waals surface area contributed by atoms with Crippen molar-refractivity contribution in [1.82, 2.24) is 20.4 Å². The van der Waals surface area contributed by atoms with Gasteiger partial charge in [0.05, 0.1) is 6.10 Å². The van der Waals surface area contributed by atoms with Crippen molar-refractivity contribution in [2.75, 3.05) is 19.7 Å². The Kier molecular flexibility index (Phi) is 6.03. The third kappa shape index (κ3) is 5.28. The summed E-state index contributed by atoms with van der Waals surface area (Å²) >= 11 is 0. The van der Waals surface area contributed by atoms with Crippen LogP contribution in [0.1, 0.15) is 34.9 Å². The van der Waals surface area contributed by atoms with Crippen LogP contribution in [0.5, 0.6) is 0 Å². The van der Waals surface area contributed by atoms with Crippen LogP contribution >= 0.6 is 0 Å². The second-order valence-electron chi connectivity index (χ2n) is 7.52. The molecule has 0 spiro atoms. The number of guanidine groups is 1. The van der Waals surface area contributed by atoms with Gasteiger partial charge in [-0.1, -0.05) is 35.5 Å². The first-order chi connectivity index (χ1) is 15.6. The maximum atomic E-state index is 12.7. The van der Waals surface area contributed by atoms with E-state index in [9.17, 15) is 18.0 Å². The van der Waals surface area contributed by atoms with Crippen molar-refractivity contribution >= 4 is 17.7 Å². The number of amidine groups is 1. The minimum atomic E-state index is -4.39. The number of nitrogens with one attached hydrogen (secondary N) is 1. The SMILES string of the molecule is NC1=NC(N)(c2ccccc2)N=C(c2noc(C(=O)N3CCC(OCC(F)(F)F)CC3)n2)N1.